The highest BCUT2D eigenvalue weighted by Gasteiger charge is 2.36. The minimum atomic E-state index is -0.771. The Balaban J connectivity index is 2.02. The van der Waals surface area contributed by atoms with E-state index in [1.807, 2.05) is 0 Å². The van der Waals surface area contributed by atoms with Gasteiger partial charge in [0, 0.05) is 0 Å². The number of anilines is 1. The molecular formula is C15H10N2O4. The molecule has 1 N–H and O–H groups in total. The quantitative estimate of drug-likeness (QED) is 0.674. The number of carbonyl (C=O) groups is 3. The normalized spacial score (nSPS) is 17.2. The largest absolute Gasteiger partial charge is 0.465 e. The second-order valence-corrected chi connectivity index (χ2v) is 4.31. The zero-order valence-corrected chi connectivity index (χ0v) is 10.8. The van der Waals surface area contributed by atoms with Crippen LogP contribution < -0.4 is 10.2 Å². The average Bonchev–Trinajstić information content (AvgIpc) is 2.97. The highest BCUT2D eigenvalue weighted by molar-refractivity contribution is 6.39. The summed E-state index contributed by atoms with van der Waals surface area (Å²) < 4.78 is 5.09. The molecule has 6 heteroatoms. The van der Waals surface area contributed by atoms with Crippen molar-refractivity contribution in [3.63, 3.8) is 0 Å². The SMILES string of the molecule is O=C1NC(=O)N(c2ccccc2)C(=O)/C1=C\c1ccco1. The van der Waals surface area contributed by atoms with Gasteiger partial charge in [-0.15, -0.1) is 0 Å². The van der Waals surface area contributed by atoms with E-state index in [0.29, 0.717) is 11.4 Å². The number of carbonyl (C=O) groups excluding carboxylic acids is 3. The van der Waals surface area contributed by atoms with Crippen molar-refractivity contribution in [3.8, 4) is 0 Å². The Kier molecular flexibility index (Phi) is 3.12. The number of urea groups is 1. The van der Waals surface area contributed by atoms with Gasteiger partial charge in [0.1, 0.15) is 11.3 Å². The Morgan fingerprint density at radius 1 is 1.00 bits per heavy atom. The maximum atomic E-state index is 12.4. The fourth-order valence-corrected chi connectivity index (χ4v) is 1.98. The van der Waals surface area contributed by atoms with E-state index in [0.717, 1.165) is 4.90 Å². The molecule has 1 aliphatic heterocycles. The van der Waals surface area contributed by atoms with Crippen LogP contribution in [0.4, 0.5) is 10.5 Å². The van der Waals surface area contributed by atoms with E-state index in [4.69, 9.17) is 4.42 Å². The third-order valence-electron chi connectivity index (χ3n) is 2.95. The zero-order valence-electron chi connectivity index (χ0n) is 10.8. The summed E-state index contributed by atoms with van der Waals surface area (Å²) in [6.07, 6.45) is 2.73. The molecule has 6 nitrogen and oxygen atoms in total. The Bertz CT molecular complexity index is 732. The van der Waals surface area contributed by atoms with Crippen molar-refractivity contribution in [2.24, 2.45) is 0 Å². The molecule has 0 atom stereocenters. The molecule has 3 rings (SSSR count). The molecule has 104 valence electrons. The topological polar surface area (TPSA) is 79.6 Å². The van der Waals surface area contributed by atoms with Crippen molar-refractivity contribution in [2.45, 2.75) is 0 Å². The molecule has 1 aliphatic rings. The van der Waals surface area contributed by atoms with E-state index in [2.05, 4.69) is 5.32 Å². The van der Waals surface area contributed by atoms with Gasteiger partial charge in [0.2, 0.25) is 0 Å². The number of furan rings is 1. The van der Waals surface area contributed by atoms with Crippen LogP contribution in [0.2, 0.25) is 0 Å². The Morgan fingerprint density at radius 3 is 2.43 bits per heavy atom. The average molecular weight is 282 g/mol. The van der Waals surface area contributed by atoms with Gasteiger partial charge in [0.05, 0.1) is 12.0 Å². The first kappa shape index (κ1) is 12.9. The highest BCUT2D eigenvalue weighted by atomic mass is 16.3. The summed E-state index contributed by atoms with van der Waals surface area (Å²) in [5, 5.41) is 2.14. The third-order valence-corrected chi connectivity index (χ3v) is 2.95. The van der Waals surface area contributed by atoms with Crippen molar-refractivity contribution < 1.29 is 18.8 Å². The number of barbiturate groups is 1. The van der Waals surface area contributed by atoms with Gasteiger partial charge in [-0.05, 0) is 30.3 Å². The molecule has 2 aromatic rings. The number of para-hydroxylation sites is 1. The van der Waals surface area contributed by atoms with Gasteiger partial charge in [-0.1, -0.05) is 18.2 Å². The van der Waals surface area contributed by atoms with E-state index in [1.54, 1.807) is 42.5 Å². The lowest BCUT2D eigenvalue weighted by molar-refractivity contribution is -0.122. The molecule has 0 saturated carbocycles. The van der Waals surface area contributed by atoms with Gasteiger partial charge < -0.3 is 4.42 Å². The molecule has 0 radical (unpaired) electrons. The first-order valence-corrected chi connectivity index (χ1v) is 6.17. The number of benzene rings is 1. The molecule has 1 aromatic heterocycles. The Hall–Kier alpha value is -3.15. The molecule has 0 unspecified atom stereocenters. The first-order chi connectivity index (χ1) is 10.2. The molecule has 21 heavy (non-hydrogen) atoms. The number of nitrogens with zero attached hydrogens (tertiary/aromatic N) is 1. The number of nitrogens with one attached hydrogen (secondary N) is 1. The third kappa shape index (κ3) is 2.34. The van der Waals surface area contributed by atoms with E-state index >= 15 is 0 Å². The number of imide groups is 2. The van der Waals surface area contributed by atoms with E-state index in [9.17, 15) is 14.4 Å². The summed E-state index contributed by atoms with van der Waals surface area (Å²) in [5.74, 6) is -1.07. The summed E-state index contributed by atoms with van der Waals surface area (Å²) in [7, 11) is 0. The lowest BCUT2D eigenvalue weighted by atomic mass is 10.1. The van der Waals surface area contributed by atoms with Gasteiger partial charge in [0.25, 0.3) is 11.8 Å². The number of hydrogen-bond donors (Lipinski definition) is 1. The number of rotatable bonds is 2. The van der Waals surface area contributed by atoms with Crippen LogP contribution in [-0.2, 0) is 9.59 Å². The molecule has 1 fully saturated rings. The van der Waals surface area contributed by atoms with Gasteiger partial charge in [-0.2, -0.15) is 0 Å². The second-order valence-electron chi connectivity index (χ2n) is 4.31. The molecule has 2 heterocycles. The Labute approximate surface area is 119 Å². The van der Waals surface area contributed by atoms with Crippen LogP contribution in [0.1, 0.15) is 5.76 Å². The molecule has 4 amide bonds. The summed E-state index contributed by atoms with van der Waals surface area (Å²) >= 11 is 0. The van der Waals surface area contributed by atoms with Crippen LogP contribution in [-0.4, -0.2) is 17.8 Å². The first-order valence-electron chi connectivity index (χ1n) is 6.17. The summed E-state index contributed by atoms with van der Waals surface area (Å²) in [5.41, 5.74) is 0.228. The Morgan fingerprint density at radius 2 is 1.76 bits per heavy atom. The minimum Gasteiger partial charge on any atom is -0.465 e. The van der Waals surface area contributed by atoms with Crippen molar-refractivity contribution in [1.82, 2.24) is 5.32 Å². The van der Waals surface area contributed by atoms with Gasteiger partial charge >= 0.3 is 6.03 Å². The molecule has 0 bridgehead atoms. The van der Waals surface area contributed by atoms with Gasteiger partial charge in [-0.3, -0.25) is 14.9 Å². The number of amides is 4. The molecule has 0 spiro atoms. The van der Waals surface area contributed by atoms with Crippen molar-refractivity contribution >= 4 is 29.6 Å². The smallest absolute Gasteiger partial charge is 0.335 e. The van der Waals surface area contributed by atoms with Crippen molar-refractivity contribution in [1.29, 1.82) is 0 Å². The van der Waals surface area contributed by atoms with E-state index < -0.39 is 17.8 Å². The fourth-order valence-electron chi connectivity index (χ4n) is 1.98. The zero-order chi connectivity index (χ0) is 14.8. The van der Waals surface area contributed by atoms with Crippen LogP contribution in [0, 0.1) is 0 Å². The summed E-state index contributed by atoms with van der Waals surface area (Å²) in [4.78, 5) is 37.0. The maximum absolute atomic E-state index is 12.4. The molecular weight excluding hydrogens is 272 g/mol. The van der Waals surface area contributed by atoms with Crippen LogP contribution in [0.15, 0.2) is 58.7 Å². The van der Waals surface area contributed by atoms with Crippen LogP contribution in [0.3, 0.4) is 0 Å². The fraction of sp³-hybridized carbons (Fsp3) is 0. The number of hydrogen-bond acceptors (Lipinski definition) is 4. The molecule has 0 aliphatic carbocycles. The minimum absolute atomic E-state index is 0.159. The predicted molar refractivity (Wildman–Crippen MR) is 74.2 cm³/mol. The lowest BCUT2D eigenvalue weighted by Gasteiger charge is -2.26. The van der Waals surface area contributed by atoms with Gasteiger partial charge in [-0.25, -0.2) is 9.69 Å². The second kappa shape index (κ2) is 5.09. The molecule has 1 aromatic carbocycles. The van der Waals surface area contributed by atoms with Crippen molar-refractivity contribution in [2.75, 3.05) is 4.90 Å². The molecule has 1 saturated heterocycles. The summed E-state index contributed by atoms with van der Waals surface area (Å²) in [6.45, 7) is 0. The summed E-state index contributed by atoms with van der Waals surface area (Å²) in [6, 6.07) is 10.8. The monoisotopic (exact) mass is 282 g/mol. The standard InChI is InChI=1S/C15H10N2O4/c18-13-12(9-11-7-4-8-21-11)14(19)17(15(20)16-13)10-5-2-1-3-6-10/h1-9H,(H,16,18,20)/b12-9-. The van der Waals surface area contributed by atoms with E-state index in [-0.39, 0.29) is 5.57 Å². The van der Waals surface area contributed by atoms with E-state index in [1.165, 1.54) is 12.3 Å². The van der Waals surface area contributed by atoms with Crippen LogP contribution >= 0.6 is 0 Å². The predicted octanol–water partition coefficient (Wildman–Crippen LogP) is 1.95. The van der Waals surface area contributed by atoms with Gasteiger partial charge in [0.15, 0.2) is 0 Å². The highest BCUT2D eigenvalue weighted by Crippen LogP contribution is 2.21. The van der Waals surface area contributed by atoms with Crippen LogP contribution in [0.5, 0.6) is 0 Å². The lowest BCUT2D eigenvalue weighted by Crippen LogP contribution is -2.54. The van der Waals surface area contributed by atoms with Crippen LogP contribution in [0.25, 0.3) is 6.08 Å². The van der Waals surface area contributed by atoms with Crippen molar-refractivity contribution in [3.05, 3.63) is 60.1 Å². The maximum Gasteiger partial charge on any atom is 0.335 e.